The van der Waals surface area contributed by atoms with Gasteiger partial charge in [-0.15, -0.1) is 0 Å². The third-order valence-corrected chi connectivity index (χ3v) is 9.94. The molecule has 238 valence electrons. The quantitative estimate of drug-likeness (QED) is 0.318. The van der Waals surface area contributed by atoms with Crippen molar-refractivity contribution >= 4 is 39.6 Å². The van der Waals surface area contributed by atoms with Crippen LogP contribution in [0.5, 0.6) is 0 Å². The first-order chi connectivity index (χ1) is 21.6. The van der Waals surface area contributed by atoms with Gasteiger partial charge in [0.15, 0.2) is 17.4 Å². The summed E-state index contributed by atoms with van der Waals surface area (Å²) < 4.78 is 39.0. The van der Waals surface area contributed by atoms with Gasteiger partial charge in [-0.25, -0.2) is 27.3 Å². The van der Waals surface area contributed by atoms with E-state index in [9.17, 15) is 22.8 Å². The lowest BCUT2D eigenvalue weighted by Crippen LogP contribution is -2.41. The van der Waals surface area contributed by atoms with E-state index in [0.717, 1.165) is 16.0 Å². The molecule has 0 bridgehead atoms. The molecule has 0 aliphatic carbocycles. The van der Waals surface area contributed by atoms with Crippen LogP contribution in [0.4, 0.5) is 21.2 Å². The number of hydrogen-bond donors (Lipinski definition) is 0. The summed E-state index contributed by atoms with van der Waals surface area (Å²) in [6.45, 7) is 5.90. The number of sulfonamides is 1. The molecular formula is C32H37N5O7S. The molecule has 0 unspecified atom stereocenters. The number of fused-ring (bicyclic) bond motifs is 1. The summed E-state index contributed by atoms with van der Waals surface area (Å²) in [7, 11) is -3.95. The highest BCUT2D eigenvalue weighted by molar-refractivity contribution is 7.92. The van der Waals surface area contributed by atoms with Crippen molar-refractivity contribution < 1.29 is 32.3 Å². The zero-order valence-electron chi connectivity index (χ0n) is 25.6. The van der Waals surface area contributed by atoms with E-state index in [4.69, 9.17) is 9.47 Å². The molecule has 2 amide bonds. The summed E-state index contributed by atoms with van der Waals surface area (Å²) in [6, 6.07) is 15.8. The number of likely N-dealkylation sites (tertiary alicyclic amines) is 1. The molecule has 2 atom stereocenters. The van der Waals surface area contributed by atoms with E-state index in [-0.39, 0.29) is 61.1 Å². The Labute approximate surface area is 263 Å². The molecule has 0 spiro atoms. The molecule has 0 N–H and O–H groups in total. The maximum absolute atomic E-state index is 13.7. The molecule has 0 radical (unpaired) electrons. The Morgan fingerprint density at radius 3 is 2.42 bits per heavy atom. The number of carbonyl (C=O) groups is 3. The van der Waals surface area contributed by atoms with Gasteiger partial charge in [0.25, 0.3) is 10.0 Å². The van der Waals surface area contributed by atoms with E-state index < -0.39 is 28.1 Å². The van der Waals surface area contributed by atoms with Crippen molar-refractivity contribution in [1.29, 1.82) is 0 Å². The summed E-state index contributed by atoms with van der Waals surface area (Å²) in [4.78, 5) is 51.4. The molecule has 2 aliphatic rings. The number of hydrogen-bond acceptors (Lipinski definition) is 9. The lowest BCUT2D eigenvalue weighted by atomic mass is 9.90. The number of aromatic nitrogens is 2. The molecular weight excluding hydrogens is 598 g/mol. The van der Waals surface area contributed by atoms with Gasteiger partial charge in [-0.2, -0.15) is 0 Å². The number of anilines is 2. The number of ether oxygens (including phenoxy) is 2. The van der Waals surface area contributed by atoms with E-state index in [2.05, 4.69) is 9.97 Å². The summed E-state index contributed by atoms with van der Waals surface area (Å²) in [6.07, 6.45) is 1.03. The number of amides is 2. The highest BCUT2D eigenvalue weighted by Crippen LogP contribution is 2.33. The molecule has 45 heavy (non-hydrogen) atoms. The van der Waals surface area contributed by atoms with Crippen LogP contribution in [0.2, 0.25) is 0 Å². The molecule has 1 fully saturated rings. The minimum Gasteiger partial charge on any atom is -0.449 e. The van der Waals surface area contributed by atoms with Crippen LogP contribution in [0.3, 0.4) is 0 Å². The summed E-state index contributed by atoms with van der Waals surface area (Å²) in [5, 5.41) is 0. The summed E-state index contributed by atoms with van der Waals surface area (Å²) >= 11 is 0. The molecule has 1 aromatic heterocycles. The average molecular weight is 636 g/mol. The fourth-order valence-electron chi connectivity index (χ4n) is 5.61. The first-order valence-corrected chi connectivity index (χ1v) is 16.4. The van der Waals surface area contributed by atoms with Crippen LogP contribution in [0, 0.1) is 18.8 Å². The van der Waals surface area contributed by atoms with Crippen molar-refractivity contribution in [2.75, 3.05) is 42.0 Å². The van der Waals surface area contributed by atoms with Crippen molar-refractivity contribution in [3.05, 3.63) is 77.6 Å². The average Bonchev–Trinajstić information content (AvgIpc) is 3.68. The molecule has 3 aromatic rings. The smallest absolute Gasteiger partial charge is 0.415 e. The van der Waals surface area contributed by atoms with Crippen molar-refractivity contribution in [3.8, 4) is 0 Å². The van der Waals surface area contributed by atoms with Gasteiger partial charge in [-0.1, -0.05) is 61.4 Å². The Hall–Kier alpha value is -4.52. The van der Waals surface area contributed by atoms with Gasteiger partial charge < -0.3 is 14.4 Å². The molecule has 12 nitrogen and oxygen atoms in total. The topological polar surface area (TPSA) is 139 Å². The van der Waals surface area contributed by atoms with Crippen LogP contribution in [-0.4, -0.2) is 74.0 Å². The third kappa shape index (κ3) is 6.93. The number of aryl methyl sites for hydroxylation is 1. The zero-order valence-corrected chi connectivity index (χ0v) is 26.4. The highest BCUT2D eigenvalue weighted by atomic mass is 32.2. The SMILES string of the molecule is CCOC(=O)N(CC(=O)[C@H]1CN(C(=O)OCc2ccccc2)C[C@@H]1CC)c1cnc2c(n1)N(S(=O)(=O)c1ccc(C)cc1)CC2. The lowest BCUT2D eigenvalue weighted by Gasteiger charge is -2.24. The van der Waals surface area contributed by atoms with Crippen molar-refractivity contribution in [1.82, 2.24) is 14.9 Å². The number of ketones is 1. The van der Waals surface area contributed by atoms with Crippen molar-refractivity contribution in [2.45, 2.75) is 45.1 Å². The minimum absolute atomic E-state index is 0.00303. The van der Waals surface area contributed by atoms with E-state index >= 15 is 0 Å². The number of Topliss-reactive ketones (excluding diaryl/α,β-unsaturated/α-hetero) is 1. The van der Waals surface area contributed by atoms with Crippen molar-refractivity contribution in [2.24, 2.45) is 11.8 Å². The van der Waals surface area contributed by atoms with Crippen LogP contribution in [0.25, 0.3) is 0 Å². The standard InChI is InChI=1S/C32H37N5O7S/c1-4-24-18-35(31(39)44-21-23-9-7-6-8-10-23)19-26(24)28(38)20-36(32(40)43-5-2)29-17-33-27-15-16-37(30(27)34-29)45(41,42)25-13-11-22(3)12-14-25/h6-14,17,24,26H,4-5,15-16,18-21H2,1-3H3/t24-,26-/m0/s1. The number of nitrogens with zero attached hydrogens (tertiary/aromatic N) is 5. The van der Waals surface area contributed by atoms with E-state index in [1.807, 2.05) is 44.2 Å². The van der Waals surface area contributed by atoms with Crippen LogP contribution >= 0.6 is 0 Å². The highest BCUT2D eigenvalue weighted by Gasteiger charge is 2.41. The first kappa shape index (κ1) is 31.9. The van der Waals surface area contributed by atoms with Gasteiger partial charge in [-0.3, -0.25) is 14.7 Å². The van der Waals surface area contributed by atoms with E-state index in [0.29, 0.717) is 25.1 Å². The third-order valence-electron chi connectivity index (χ3n) is 8.13. The van der Waals surface area contributed by atoms with Crippen LogP contribution in [0.15, 0.2) is 65.7 Å². The van der Waals surface area contributed by atoms with Gasteiger partial charge in [-0.05, 0) is 37.5 Å². The number of rotatable bonds is 10. The second-order valence-corrected chi connectivity index (χ2v) is 13.0. The predicted molar refractivity (Wildman–Crippen MR) is 166 cm³/mol. The minimum atomic E-state index is -3.95. The fraction of sp³-hybridized carbons (Fsp3) is 0.406. The second kappa shape index (κ2) is 13.6. The Morgan fingerprint density at radius 1 is 1.00 bits per heavy atom. The first-order valence-electron chi connectivity index (χ1n) is 15.0. The number of benzene rings is 2. The molecule has 2 aromatic carbocycles. The fourth-order valence-corrected chi connectivity index (χ4v) is 7.05. The van der Waals surface area contributed by atoms with Crippen LogP contribution in [0.1, 0.15) is 37.1 Å². The molecule has 0 saturated carbocycles. The van der Waals surface area contributed by atoms with Gasteiger partial charge in [0.1, 0.15) is 6.61 Å². The monoisotopic (exact) mass is 635 g/mol. The van der Waals surface area contributed by atoms with Gasteiger partial charge in [0.2, 0.25) is 0 Å². The summed E-state index contributed by atoms with van der Waals surface area (Å²) in [5.74, 6) is -0.852. The Balaban J connectivity index is 1.34. The predicted octanol–water partition coefficient (Wildman–Crippen LogP) is 4.36. The normalized spacial score (nSPS) is 17.6. The van der Waals surface area contributed by atoms with E-state index in [1.165, 1.54) is 27.5 Å². The van der Waals surface area contributed by atoms with Gasteiger partial charge in [0.05, 0.1) is 29.9 Å². The Bertz CT molecular complexity index is 1650. The van der Waals surface area contributed by atoms with Crippen molar-refractivity contribution in [3.63, 3.8) is 0 Å². The largest absolute Gasteiger partial charge is 0.449 e. The van der Waals surface area contributed by atoms with Gasteiger partial charge >= 0.3 is 12.2 Å². The lowest BCUT2D eigenvalue weighted by molar-refractivity contribution is -0.122. The van der Waals surface area contributed by atoms with Crippen LogP contribution < -0.4 is 9.21 Å². The summed E-state index contributed by atoms with van der Waals surface area (Å²) in [5.41, 5.74) is 2.25. The maximum atomic E-state index is 13.7. The Morgan fingerprint density at radius 2 is 1.73 bits per heavy atom. The molecule has 5 rings (SSSR count). The molecule has 1 saturated heterocycles. The zero-order chi connectivity index (χ0) is 32.1. The van der Waals surface area contributed by atoms with Crippen LogP contribution in [-0.2, 0) is 37.3 Å². The number of carbonyl (C=O) groups excluding carboxylic acids is 3. The second-order valence-electron chi connectivity index (χ2n) is 11.1. The molecule has 2 aliphatic heterocycles. The van der Waals surface area contributed by atoms with Gasteiger partial charge in [0, 0.05) is 32.0 Å². The molecule has 3 heterocycles. The Kier molecular flexibility index (Phi) is 9.66. The molecule has 13 heteroatoms. The van der Waals surface area contributed by atoms with E-state index in [1.54, 1.807) is 19.1 Å². The maximum Gasteiger partial charge on any atom is 0.415 e.